The smallest absolute Gasteiger partial charge is 0.119 e. The van der Waals surface area contributed by atoms with Crippen LogP contribution in [0.25, 0.3) is 0 Å². The minimum absolute atomic E-state index is 0.301. The van der Waals surface area contributed by atoms with Gasteiger partial charge in [0, 0.05) is 16.6 Å². The van der Waals surface area contributed by atoms with E-state index >= 15 is 0 Å². The second kappa shape index (κ2) is 6.20. The van der Waals surface area contributed by atoms with E-state index in [1.54, 1.807) is 7.11 Å². The molecule has 1 N–H and O–H groups in total. The van der Waals surface area contributed by atoms with Crippen LogP contribution in [0.3, 0.4) is 0 Å². The van der Waals surface area contributed by atoms with Gasteiger partial charge in [-0.2, -0.15) is 0 Å². The molecule has 0 heterocycles. The molecule has 0 saturated heterocycles. The third kappa shape index (κ3) is 2.99. The van der Waals surface area contributed by atoms with E-state index in [4.69, 9.17) is 4.74 Å². The number of methoxy groups -OCH3 is 1. The lowest BCUT2D eigenvalue weighted by Gasteiger charge is -2.21. The first kappa shape index (κ1) is 14.6. The summed E-state index contributed by atoms with van der Waals surface area (Å²) in [6.45, 7) is 2.21. The van der Waals surface area contributed by atoms with Crippen LogP contribution in [-0.2, 0) is 6.42 Å². The first-order valence-corrected chi connectivity index (χ1v) is 8.15. The van der Waals surface area contributed by atoms with Gasteiger partial charge in [-0.1, -0.05) is 40.2 Å². The van der Waals surface area contributed by atoms with Crippen LogP contribution in [0.2, 0.25) is 0 Å². The van der Waals surface area contributed by atoms with Gasteiger partial charge >= 0.3 is 0 Å². The van der Waals surface area contributed by atoms with Crippen molar-refractivity contribution < 1.29 is 4.74 Å². The Morgan fingerprint density at radius 2 is 2.05 bits per heavy atom. The second-order valence-corrected chi connectivity index (χ2v) is 6.42. The molecule has 2 nitrogen and oxygen atoms in total. The van der Waals surface area contributed by atoms with Gasteiger partial charge in [-0.3, -0.25) is 0 Å². The zero-order valence-corrected chi connectivity index (χ0v) is 14.0. The van der Waals surface area contributed by atoms with Crippen molar-refractivity contribution in [2.45, 2.75) is 31.8 Å². The molecule has 0 spiro atoms. The fourth-order valence-electron chi connectivity index (χ4n) is 3.09. The molecule has 0 amide bonds. The molecule has 0 bridgehead atoms. The quantitative estimate of drug-likeness (QED) is 0.859. The predicted octanol–water partition coefficient (Wildman–Crippen LogP) is 4.80. The van der Waals surface area contributed by atoms with E-state index in [0.29, 0.717) is 12.1 Å². The molecule has 0 saturated carbocycles. The van der Waals surface area contributed by atoms with Crippen molar-refractivity contribution in [3.05, 3.63) is 63.6 Å². The number of fused-ring (bicyclic) bond motifs is 1. The van der Waals surface area contributed by atoms with Crippen LogP contribution >= 0.6 is 15.9 Å². The maximum Gasteiger partial charge on any atom is 0.119 e. The summed E-state index contributed by atoms with van der Waals surface area (Å²) in [5, 5.41) is 3.75. The highest BCUT2D eigenvalue weighted by atomic mass is 79.9. The minimum Gasteiger partial charge on any atom is -0.497 e. The van der Waals surface area contributed by atoms with E-state index in [-0.39, 0.29) is 0 Å². The standard InChI is InChI=1S/C18H20BrNO/c1-12(13-5-3-6-14(11-13)21-2)20-18-10-9-15-16(18)7-4-8-17(15)19/h3-8,11-12,18,20H,9-10H2,1-2H3/t12-,18?/m0/s1. The van der Waals surface area contributed by atoms with Gasteiger partial charge in [0.2, 0.25) is 0 Å². The lowest BCUT2D eigenvalue weighted by molar-refractivity contribution is 0.411. The maximum atomic E-state index is 5.31. The van der Waals surface area contributed by atoms with Crippen molar-refractivity contribution in [3.63, 3.8) is 0 Å². The molecule has 0 fully saturated rings. The summed E-state index contributed by atoms with van der Waals surface area (Å²) in [4.78, 5) is 0. The van der Waals surface area contributed by atoms with Crippen LogP contribution in [-0.4, -0.2) is 7.11 Å². The van der Waals surface area contributed by atoms with Gasteiger partial charge in [0.15, 0.2) is 0 Å². The van der Waals surface area contributed by atoms with Crippen LogP contribution in [0.1, 0.15) is 42.1 Å². The van der Waals surface area contributed by atoms with E-state index in [9.17, 15) is 0 Å². The molecule has 2 atom stereocenters. The van der Waals surface area contributed by atoms with Gasteiger partial charge in [0.05, 0.1) is 7.11 Å². The summed E-state index contributed by atoms with van der Waals surface area (Å²) in [5.74, 6) is 0.913. The molecule has 0 radical (unpaired) electrons. The molecule has 1 aliphatic rings. The van der Waals surface area contributed by atoms with Gasteiger partial charge in [0.25, 0.3) is 0 Å². The molecule has 2 aromatic carbocycles. The summed E-state index contributed by atoms with van der Waals surface area (Å²) in [6.07, 6.45) is 2.30. The largest absolute Gasteiger partial charge is 0.497 e. The molecule has 2 aromatic rings. The predicted molar refractivity (Wildman–Crippen MR) is 89.7 cm³/mol. The van der Waals surface area contributed by atoms with E-state index < -0.39 is 0 Å². The highest BCUT2D eigenvalue weighted by molar-refractivity contribution is 9.10. The Hall–Kier alpha value is -1.32. The average Bonchev–Trinajstić information content (AvgIpc) is 2.92. The van der Waals surface area contributed by atoms with Crippen LogP contribution in [0.5, 0.6) is 5.75 Å². The SMILES string of the molecule is COc1cccc([C@H](C)NC2CCc3c(Br)cccc32)c1. The number of hydrogen-bond acceptors (Lipinski definition) is 2. The van der Waals surface area contributed by atoms with E-state index in [1.807, 2.05) is 12.1 Å². The minimum atomic E-state index is 0.301. The number of halogens is 1. The van der Waals surface area contributed by atoms with E-state index in [2.05, 4.69) is 58.5 Å². The van der Waals surface area contributed by atoms with Crippen molar-refractivity contribution in [1.82, 2.24) is 5.32 Å². The second-order valence-electron chi connectivity index (χ2n) is 5.56. The normalized spacial score (nSPS) is 18.3. The molecule has 1 unspecified atom stereocenters. The molecule has 3 heteroatoms. The third-order valence-electron chi connectivity index (χ3n) is 4.26. The van der Waals surface area contributed by atoms with Crippen molar-refractivity contribution in [3.8, 4) is 5.75 Å². The molecule has 0 aromatic heterocycles. The summed E-state index contributed by atoms with van der Waals surface area (Å²) in [7, 11) is 1.71. The topological polar surface area (TPSA) is 21.3 Å². The lowest BCUT2D eigenvalue weighted by atomic mass is 10.0. The van der Waals surface area contributed by atoms with Crippen LogP contribution in [0.15, 0.2) is 46.9 Å². The van der Waals surface area contributed by atoms with Gasteiger partial charge < -0.3 is 10.1 Å². The van der Waals surface area contributed by atoms with Gasteiger partial charge in [-0.15, -0.1) is 0 Å². The van der Waals surface area contributed by atoms with Gasteiger partial charge in [-0.25, -0.2) is 0 Å². The number of hydrogen-bond donors (Lipinski definition) is 1. The number of ether oxygens (including phenoxy) is 1. The van der Waals surface area contributed by atoms with Crippen molar-refractivity contribution in [1.29, 1.82) is 0 Å². The Morgan fingerprint density at radius 1 is 1.24 bits per heavy atom. The maximum absolute atomic E-state index is 5.31. The lowest BCUT2D eigenvalue weighted by Crippen LogP contribution is -2.23. The molecule has 0 aliphatic heterocycles. The Bertz CT molecular complexity index is 641. The van der Waals surface area contributed by atoms with Gasteiger partial charge in [-0.05, 0) is 54.7 Å². The Labute approximate surface area is 134 Å². The van der Waals surface area contributed by atoms with Crippen LogP contribution in [0.4, 0.5) is 0 Å². The van der Waals surface area contributed by atoms with Crippen LogP contribution < -0.4 is 10.1 Å². The summed E-state index contributed by atoms with van der Waals surface area (Å²) in [6, 6.07) is 15.5. The van der Waals surface area contributed by atoms with E-state index in [0.717, 1.165) is 18.6 Å². The molecule has 3 rings (SSSR count). The highest BCUT2D eigenvalue weighted by Crippen LogP contribution is 2.37. The molecular formula is C18H20BrNO. The Morgan fingerprint density at radius 3 is 2.86 bits per heavy atom. The Kier molecular flexibility index (Phi) is 4.32. The molecule has 1 aliphatic carbocycles. The van der Waals surface area contributed by atoms with Crippen molar-refractivity contribution in [2.75, 3.05) is 7.11 Å². The summed E-state index contributed by atoms with van der Waals surface area (Å²) < 4.78 is 6.55. The number of benzene rings is 2. The van der Waals surface area contributed by atoms with Crippen molar-refractivity contribution >= 4 is 15.9 Å². The summed E-state index contributed by atoms with van der Waals surface area (Å²) in [5.41, 5.74) is 4.14. The monoisotopic (exact) mass is 345 g/mol. The first-order chi connectivity index (χ1) is 10.2. The number of rotatable bonds is 4. The fraction of sp³-hybridized carbons (Fsp3) is 0.333. The molecular weight excluding hydrogens is 326 g/mol. The third-order valence-corrected chi connectivity index (χ3v) is 5.00. The van der Waals surface area contributed by atoms with Gasteiger partial charge in [0.1, 0.15) is 5.75 Å². The zero-order valence-electron chi connectivity index (χ0n) is 12.4. The first-order valence-electron chi connectivity index (χ1n) is 7.36. The summed E-state index contributed by atoms with van der Waals surface area (Å²) >= 11 is 3.66. The Balaban J connectivity index is 1.77. The zero-order chi connectivity index (χ0) is 14.8. The average molecular weight is 346 g/mol. The molecule has 110 valence electrons. The van der Waals surface area contributed by atoms with E-state index in [1.165, 1.54) is 21.2 Å². The fourth-order valence-corrected chi connectivity index (χ4v) is 3.67. The molecule has 21 heavy (non-hydrogen) atoms. The van der Waals surface area contributed by atoms with Crippen LogP contribution in [0, 0.1) is 0 Å². The van der Waals surface area contributed by atoms with Crippen molar-refractivity contribution in [2.24, 2.45) is 0 Å². The number of nitrogens with one attached hydrogen (secondary N) is 1. The highest BCUT2D eigenvalue weighted by Gasteiger charge is 2.25.